The molecule has 0 heterocycles. The van der Waals surface area contributed by atoms with Crippen molar-refractivity contribution in [3.8, 4) is 40.6 Å². The van der Waals surface area contributed by atoms with Gasteiger partial charge in [-0.05, 0) is 24.3 Å². The van der Waals surface area contributed by atoms with Crippen molar-refractivity contribution in [1.82, 2.24) is 0 Å². The molecule has 0 fully saturated rings. The first-order valence-electron chi connectivity index (χ1n) is 6.42. The van der Waals surface area contributed by atoms with Crippen LogP contribution in [0.4, 0.5) is 0 Å². The third-order valence-corrected chi connectivity index (χ3v) is 2.92. The van der Waals surface area contributed by atoms with Crippen LogP contribution in [0, 0.1) is 11.8 Å². The fourth-order valence-electron chi connectivity index (χ4n) is 1.96. The number of hydrogen-bond donors (Lipinski definition) is 2. The van der Waals surface area contributed by atoms with E-state index in [4.69, 9.17) is 14.2 Å². The minimum Gasteiger partial charge on any atom is -0.508 e. The predicted octanol–water partition coefficient (Wildman–Crippen LogP) is 2.52. The van der Waals surface area contributed by atoms with Crippen LogP contribution in [0.15, 0.2) is 30.3 Å². The van der Waals surface area contributed by atoms with Gasteiger partial charge in [-0.15, -0.1) is 0 Å². The SMILES string of the molecule is COc1cc(C#Cc2cc(O)cc(O)c2)cc(OC)c1OC. The van der Waals surface area contributed by atoms with E-state index in [1.807, 2.05) is 0 Å². The number of rotatable bonds is 3. The Hall–Kier alpha value is -3.00. The molecule has 2 aromatic rings. The van der Waals surface area contributed by atoms with Gasteiger partial charge in [0.25, 0.3) is 0 Å². The van der Waals surface area contributed by atoms with Gasteiger partial charge in [0.05, 0.1) is 21.3 Å². The third-order valence-electron chi connectivity index (χ3n) is 2.92. The summed E-state index contributed by atoms with van der Waals surface area (Å²) in [5.74, 6) is 7.20. The van der Waals surface area contributed by atoms with Gasteiger partial charge in [-0.2, -0.15) is 0 Å². The second-order valence-corrected chi connectivity index (χ2v) is 4.40. The highest BCUT2D eigenvalue weighted by molar-refractivity contribution is 5.58. The van der Waals surface area contributed by atoms with Gasteiger partial charge in [0.15, 0.2) is 11.5 Å². The Labute approximate surface area is 128 Å². The standard InChI is InChI=1S/C17H16O5/c1-20-15-8-12(9-16(21-2)17(15)22-3)5-4-11-6-13(18)10-14(19)7-11/h6-10,18-19H,1-3H3. The van der Waals surface area contributed by atoms with Crippen LogP contribution in [0.1, 0.15) is 11.1 Å². The van der Waals surface area contributed by atoms with Gasteiger partial charge in [-0.25, -0.2) is 0 Å². The molecule has 0 amide bonds. The Morgan fingerprint density at radius 3 is 1.55 bits per heavy atom. The zero-order valence-corrected chi connectivity index (χ0v) is 12.5. The van der Waals surface area contributed by atoms with Gasteiger partial charge in [0.2, 0.25) is 5.75 Å². The maximum absolute atomic E-state index is 9.44. The summed E-state index contributed by atoms with van der Waals surface area (Å²) in [7, 11) is 4.59. The molecule has 0 unspecified atom stereocenters. The summed E-state index contributed by atoms with van der Waals surface area (Å²) in [6.45, 7) is 0. The van der Waals surface area contributed by atoms with E-state index in [9.17, 15) is 10.2 Å². The molecule has 0 saturated carbocycles. The molecule has 114 valence electrons. The number of phenols is 2. The number of methoxy groups -OCH3 is 3. The molecular formula is C17H16O5. The average molecular weight is 300 g/mol. The lowest BCUT2D eigenvalue weighted by Crippen LogP contribution is -1.95. The molecule has 0 saturated heterocycles. The van der Waals surface area contributed by atoms with E-state index in [2.05, 4.69) is 11.8 Å². The molecule has 0 aromatic heterocycles. The Morgan fingerprint density at radius 1 is 0.682 bits per heavy atom. The minimum absolute atomic E-state index is 0.0470. The first-order chi connectivity index (χ1) is 10.6. The van der Waals surface area contributed by atoms with E-state index in [1.165, 1.54) is 39.5 Å². The van der Waals surface area contributed by atoms with Gasteiger partial charge in [0.1, 0.15) is 11.5 Å². The number of aromatic hydroxyl groups is 2. The van der Waals surface area contributed by atoms with Crippen molar-refractivity contribution in [3.05, 3.63) is 41.5 Å². The fourth-order valence-corrected chi connectivity index (χ4v) is 1.96. The summed E-state index contributed by atoms with van der Waals surface area (Å²) in [5.41, 5.74) is 1.14. The van der Waals surface area contributed by atoms with Crippen molar-refractivity contribution in [3.63, 3.8) is 0 Å². The largest absolute Gasteiger partial charge is 0.508 e. The molecule has 0 aliphatic rings. The van der Waals surface area contributed by atoms with Crippen molar-refractivity contribution in [2.45, 2.75) is 0 Å². The van der Waals surface area contributed by atoms with E-state index in [0.717, 1.165) is 0 Å². The van der Waals surface area contributed by atoms with E-state index < -0.39 is 0 Å². The topological polar surface area (TPSA) is 68.2 Å². The van der Waals surface area contributed by atoms with E-state index in [1.54, 1.807) is 12.1 Å². The van der Waals surface area contributed by atoms with Crippen molar-refractivity contribution in [2.24, 2.45) is 0 Å². The van der Waals surface area contributed by atoms with Crippen molar-refractivity contribution >= 4 is 0 Å². The quantitative estimate of drug-likeness (QED) is 0.853. The summed E-state index contributed by atoms with van der Waals surface area (Å²) < 4.78 is 15.8. The molecule has 0 atom stereocenters. The van der Waals surface area contributed by atoms with Crippen molar-refractivity contribution < 1.29 is 24.4 Å². The highest BCUT2D eigenvalue weighted by Gasteiger charge is 2.12. The van der Waals surface area contributed by atoms with E-state index >= 15 is 0 Å². The fraction of sp³-hybridized carbons (Fsp3) is 0.176. The Kier molecular flexibility index (Phi) is 4.64. The normalized spacial score (nSPS) is 9.59. The summed E-state index contributed by atoms with van der Waals surface area (Å²) in [6, 6.07) is 7.61. The maximum atomic E-state index is 9.44. The minimum atomic E-state index is -0.0470. The zero-order chi connectivity index (χ0) is 16.1. The van der Waals surface area contributed by atoms with Crippen molar-refractivity contribution in [2.75, 3.05) is 21.3 Å². The van der Waals surface area contributed by atoms with Gasteiger partial charge >= 0.3 is 0 Å². The van der Waals surface area contributed by atoms with Gasteiger partial charge in [-0.1, -0.05) is 11.8 Å². The van der Waals surface area contributed by atoms with Gasteiger partial charge < -0.3 is 24.4 Å². The number of benzene rings is 2. The predicted molar refractivity (Wildman–Crippen MR) is 81.8 cm³/mol. The second kappa shape index (κ2) is 6.64. The molecular weight excluding hydrogens is 284 g/mol. The van der Waals surface area contributed by atoms with Crippen LogP contribution >= 0.6 is 0 Å². The van der Waals surface area contributed by atoms with E-state index in [-0.39, 0.29) is 11.5 Å². The molecule has 0 radical (unpaired) electrons. The highest BCUT2D eigenvalue weighted by Crippen LogP contribution is 2.37. The molecule has 0 spiro atoms. The van der Waals surface area contributed by atoms with Crippen LogP contribution in [0.3, 0.4) is 0 Å². The zero-order valence-electron chi connectivity index (χ0n) is 12.5. The van der Waals surface area contributed by atoms with Gasteiger partial charge in [-0.3, -0.25) is 0 Å². The third kappa shape index (κ3) is 3.36. The number of hydrogen-bond acceptors (Lipinski definition) is 5. The van der Waals surface area contributed by atoms with Crippen LogP contribution in [-0.4, -0.2) is 31.5 Å². The van der Waals surface area contributed by atoms with E-state index in [0.29, 0.717) is 28.4 Å². The Bertz CT molecular complexity index is 695. The smallest absolute Gasteiger partial charge is 0.203 e. The van der Waals surface area contributed by atoms with Crippen LogP contribution < -0.4 is 14.2 Å². The summed E-state index contributed by atoms with van der Waals surface area (Å²) in [5, 5.41) is 18.9. The number of phenolic OH excluding ortho intramolecular Hbond substituents is 2. The highest BCUT2D eigenvalue weighted by atomic mass is 16.5. The first kappa shape index (κ1) is 15.4. The summed E-state index contributed by atoms with van der Waals surface area (Å²) in [6.07, 6.45) is 0. The average Bonchev–Trinajstić information content (AvgIpc) is 2.50. The van der Waals surface area contributed by atoms with Gasteiger partial charge in [0, 0.05) is 17.2 Å². The molecule has 2 N–H and O–H groups in total. The monoisotopic (exact) mass is 300 g/mol. The van der Waals surface area contributed by atoms with Crippen LogP contribution in [0.25, 0.3) is 0 Å². The molecule has 2 aromatic carbocycles. The Balaban J connectivity index is 2.44. The molecule has 0 bridgehead atoms. The molecule has 22 heavy (non-hydrogen) atoms. The molecule has 0 aliphatic carbocycles. The van der Waals surface area contributed by atoms with Crippen LogP contribution in [0.2, 0.25) is 0 Å². The van der Waals surface area contributed by atoms with Crippen LogP contribution in [0.5, 0.6) is 28.7 Å². The summed E-state index contributed by atoms with van der Waals surface area (Å²) in [4.78, 5) is 0. The molecule has 2 rings (SSSR count). The Morgan fingerprint density at radius 2 is 1.14 bits per heavy atom. The van der Waals surface area contributed by atoms with Crippen molar-refractivity contribution in [1.29, 1.82) is 0 Å². The second-order valence-electron chi connectivity index (χ2n) is 4.40. The lowest BCUT2D eigenvalue weighted by atomic mass is 10.1. The lowest BCUT2D eigenvalue weighted by Gasteiger charge is -2.12. The molecule has 5 nitrogen and oxygen atoms in total. The van der Waals surface area contributed by atoms with Crippen LogP contribution in [-0.2, 0) is 0 Å². The summed E-state index contributed by atoms with van der Waals surface area (Å²) >= 11 is 0. The first-order valence-corrected chi connectivity index (χ1v) is 6.42. The lowest BCUT2D eigenvalue weighted by molar-refractivity contribution is 0.324. The molecule has 0 aliphatic heterocycles. The molecule has 5 heteroatoms. The maximum Gasteiger partial charge on any atom is 0.203 e. The number of ether oxygens (including phenoxy) is 3.